The molecule has 4 heteroatoms. The maximum atomic E-state index is 11.7. The van der Waals surface area contributed by atoms with E-state index in [4.69, 9.17) is 5.11 Å². The molecule has 1 fully saturated rings. The Morgan fingerprint density at radius 3 is 2.57 bits per heavy atom. The maximum Gasteiger partial charge on any atom is 0.304 e. The Kier molecular flexibility index (Phi) is 4.58. The highest BCUT2D eigenvalue weighted by molar-refractivity contribution is 7.85. The van der Waals surface area contributed by atoms with Crippen LogP contribution in [0.15, 0.2) is 0 Å². The smallest absolute Gasteiger partial charge is 0.304 e. The molecule has 0 aromatic heterocycles. The molecule has 1 aliphatic carbocycles. The molecule has 1 N–H and O–H groups in total. The minimum absolute atomic E-state index is 0.0271. The molecule has 0 aliphatic heterocycles. The van der Waals surface area contributed by atoms with Crippen molar-refractivity contribution in [3.05, 3.63) is 0 Å². The van der Waals surface area contributed by atoms with Crippen LogP contribution < -0.4 is 0 Å². The van der Waals surface area contributed by atoms with Gasteiger partial charge in [-0.15, -0.1) is 0 Å². The lowest BCUT2D eigenvalue weighted by Gasteiger charge is -2.12. The van der Waals surface area contributed by atoms with Gasteiger partial charge in [0.25, 0.3) is 0 Å². The molecule has 1 rings (SSSR count). The highest BCUT2D eigenvalue weighted by Crippen LogP contribution is 2.26. The molecule has 0 heterocycles. The Balaban J connectivity index is 2.29. The molecule has 3 nitrogen and oxygen atoms in total. The van der Waals surface area contributed by atoms with E-state index in [1.165, 1.54) is 25.7 Å². The lowest BCUT2D eigenvalue weighted by molar-refractivity contribution is -0.136. The first-order valence-electron chi connectivity index (χ1n) is 5.18. The second-order valence-electron chi connectivity index (χ2n) is 4.11. The Morgan fingerprint density at radius 1 is 1.50 bits per heavy atom. The number of carbonyl (C=O) groups is 1. The summed E-state index contributed by atoms with van der Waals surface area (Å²) in [5.41, 5.74) is 0. The summed E-state index contributed by atoms with van der Waals surface area (Å²) >= 11 is 0. The van der Waals surface area contributed by atoms with E-state index in [-0.39, 0.29) is 11.7 Å². The van der Waals surface area contributed by atoms with Crippen LogP contribution in [0, 0.1) is 5.92 Å². The largest absolute Gasteiger partial charge is 0.481 e. The van der Waals surface area contributed by atoms with Crippen LogP contribution in [-0.2, 0) is 15.6 Å². The quantitative estimate of drug-likeness (QED) is 0.765. The normalized spacial score (nSPS) is 22.1. The Hall–Kier alpha value is -0.380. The van der Waals surface area contributed by atoms with Crippen molar-refractivity contribution < 1.29 is 14.1 Å². The van der Waals surface area contributed by atoms with Crippen molar-refractivity contribution in [3.8, 4) is 0 Å². The van der Waals surface area contributed by atoms with Crippen LogP contribution in [0.2, 0.25) is 0 Å². The van der Waals surface area contributed by atoms with Crippen LogP contribution in [0.5, 0.6) is 0 Å². The van der Waals surface area contributed by atoms with Gasteiger partial charge in [-0.05, 0) is 18.8 Å². The standard InChI is InChI=1S/C10H18O3S/c1-8(6-10(11)12)14(13)7-9-4-2-3-5-9/h8-9H,2-7H2,1H3,(H,11,12). The number of rotatable bonds is 5. The van der Waals surface area contributed by atoms with Crippen molar-refractivity contribution in [3.63, 3.8) is 0 Å². The van der Waals surface area contributed by atoms with Crippen molar-refractivity contribution in [1.82, 2.24) is 0 Å². The van der Waals surface area contributed by atoms with E-state index in [1.807, 2.05) is 0 Å². The summed E-state index contributed by atoms with van der Waals surface area (Å²) in [6.45, 7) is 1.76. The number of carboxylic acid groups (broad SMARTS) is 1. The van der Waals surface area contributed by atoms with Gasteiger partial charge in [-0.1, -0.05) is 19.8 Å². The molecule has 1 saturated carbocycles. The van der Waals surface area contributed by atoms with Crippen molar-refractivity contribution in [2.24, 2.45) is 5.92 Å². The number of aliphatic carboxylic acids is 1. The van der Waals surface area contributed by atoms with E-state index in [2.05, 4.69) is 0 Å². The Bertz CT molecular complexity index is 221. The van der Waals surface area contributed by atoms with E-state index in [9.17, 15) is 9.00 Å². The predicted octanol–water partition coefficient (Wildman–Crippen LogP) is 1.79. The van der Waals surface area contributed by atoms with Crippen LogP contribution in [0.4, 0.5) is 0 Å². The summed E-state index contributed by atoms with van der Waals surface area (Å²) in [7, 11) is -0.956. The van der Waals surface area contributed by atoms with Crippen molar-refractivity contribution in [2.45, 2.75) is 44.3 Å². The fourth-order valence-corrected chi connectivity index (χ4v) is 3.37. The van der Waals surface area contributed by atoms with E-state index in [0.717, 1.165) is 0 Å². The van der Waals surface area contributed by atoms with Crippen molar-refractivity contribution >= 4 is 16.8 Å². The molecular weight excluding hydrogens is 200 g/mol. The van der Waals surface area contributed by atoms with Crippen LogP contribution in [0.3, 0.4) is 0 Å². The van der Waals surface area contributed by atoms with E-state index >= 15 is 0 Å². The summed E-state index contributed by atoms with van der Waals surface area (Å²) in [5.74, 6) is 0.429. The lowest BCUT2D eigenvalue weighted by atomic mass is 10.1. The molecule has 0 radical (unpaired) electrons. The van der Waals surface area contributed by atoms with Gasteiger partial charge in [0, 0.05) is 21.8 Å². The topological polar surface area (TPSA) is 54.4 Å². The average Bonchev–Trinajstić information content (AvgIpc) is 2.55. The molecule has 1 aliphatic rings. The van der Waals surface area contributed by atoms with Gasteiger partial charge in [0.2, 0.25) is 0 Å². The van der Waals surface area contributed by atoms with Crippen molar-refractivity contribution in [1.29, 1.82) is 0 Å². The summed E-state index contributed by atoms with van der Waals surface area (Å²) in [6, 6.07) is 0. The molecule has 0 spiro atoms. The number of carboxylic acids is 1. The Labute approximate surface area is 87.3 Å². The van der Waals surface area contributed by atoms with Crippen LogP contribution in [-0.4, -0.2) is 26.3 Å². The van der Waals surface area contributed by atoms with Gasteiger partial charge in [-0.25, -0.2) is 0 Å². The molecule has 0 aromatic carbocycles. The molecule has 0 amide bonds. The summed E-state index contributed by atoms with van der Waals surface area (Å²) in [5, 5.41) is 8.36. The maximum absolute atomic E-state index is 11.7. The summed E-state index contributed by atoms with van der Waals surface area (Å²) in [6.07, 6.45) is 4.86. The third-order valence-corrected chi connectivity index (χ3v) is 4.65. The molecule has 82 valence electrons. The summed E-state index contributed by atoms with van der Waals surface area (Å²) in [4.78, 5) is 10.4. The zero-order valence-electron chi connectivity index (χ0n) is 8.57. The Morgan fingerprint density at radius 2 is 2.07 bits per heavy atom. The van der Waals surface area contributed by atoms with Gasteiger partial charge in [0.15, 0.2) is 0 Å². The van der Waals surface area contributed by atoms with Gasteiger partial charge >= 0.3 is 5.97 Å². The zero-order valence-corrected chi connectivity index (χ0v) is 9.39. The molecule has 0 aromatic rings. The first-order chi connectivity index (χ1) is 6.59. The van der Waals surface area contributed by atoms with Gasteiger partial charge in [0.05, 0.1) is 6.42 Å². The number of hydrogen-bond donors (Lipinski definition) is 1. The molecule has 0 bridgehead atoms. The lowest BCUT2D eigenvalue weighted by Crippen LogP contribution is -2.21. The predicted molar refractivity (Wildman–Crippen MR) is 56.7 cm³/mol. The van der Waals surface area contributed by atoms with Crippen molar-refractivity contribution in [2.75, 3.05) is 5.75 Å². The minimum atomic E-state index is -0.956. The van der Waals surface area contributed by atoms with Crippen LogP contribution >= 0.6 is 0 Å². The molecule has 14 heavy (non-hydrogen) atoms. The minimum Gasteiger partial charge on any atom is -0.481 e. The third-order valence-electron chi connectivity index (χ3n) is 2.79. The van der Waals surface area contributed by atoms with Gasteiger partial charge in [0.1, 0.15) is 0 Å². The molecule has 2 atom stereocenters. The second kappa shape index (κ2) is 5.49. The first kappa shape index (κ1) is 11.7. The highest BCUT2D eigenvalue weighted by atomic mass is 32.2. The van der Waals surface area contributed by atoms with E-state index in [1.54, 1.807) is 6.92 Å². The van der Waals surface area contributed by atoms with Crippen LogP contribution in [0.25, 0.3) is 0 Å². The molecular formula is C10H18O3S. The SMILES string of the molecule is CC(CC(=O)O)S(=O)CC1CCCC1. The van der Waals surface area contributed by atoms with Crippen LogP contribution in [0.1, 0.15) is 39.0 Å². The fraction of sp³-hybridized carbons (Fsp3) is 0.900. The third kappa shape index (κ3) is 3.78. The second-order valence-corrected chi connectivity index (χ2v) is 6.01. The average molecular weight is 218 g/mol. The number of hydrogen-bond acceptors (Lipinski definition) is 2. The fourth-order valence-electron chi connectivity index (χ4n) is 1.91. The molecule has 0 saturated heterocycles. The zero-order chi connectivity index (χ0) is 10.6. The van der Waals surface area contributed by atoms with Gasteiger partial charge in [-0.2, -0.15) is 0 Å². The first-order valence-corrected chi connectivity index (χ1v) is 6.56. The van der Waals surface area contributed by atoms with E-state index < -0.39 is 16.8 Å². The van der Waals surface area contributed by atoms with Gasteiger partial charge in [-0.3, -0.25) is 9.00 Å². The van der Waals surface area contributed by atoms with Gasteiger partial charge < -0.3 is 5.11 Å². The molecule has 2 unspecified atom stereocenters. The monoisotopic (exact) mass is 218 g/mol. The summed E-state index contributed by atoms with van der Waals surface area (Å²) < 4.78 is 11.7. The highest BCUT2D eigenvalue weighted by Gasteiger charge is 2.21. The van der Waals surface area contributed by atoms with E-state index in [0.29, 0.717) is 11.7 Å².